The van der Waals surface area contributed by atoms with Gasteiger partial charge in [-0.05, 0) is 54.8 Å². The van der Waals surface area contributed by atoms with Gasteiger partial charge in [-0.1, -0.05) is 18.2 Å². The first-order valence-electron chi connectivity index (χ1n) is 9.52. The Morgan fingerprint density at radius 1 is 1.04 bits per heavy atom. The molecule has 0 saturated carbocycles. The highest BCUT2D eigenvalue weighted by Crippen LogP contribution is 2.34. The zero-order chi connectivity index (χ0) is 18.8. The van der Waals surface area contributed by atoms with E-state index in [-0.39, 0.29) is 29.6 Å². The van der Waals surface area contributed by atoms with Crippen LogP contribution in [0.25, 0.3) is 0 Å². The minimum Gasteiger partial charge on any atom is -0.337 e. The molecule has 3 heterocycles. The number of carbonyl (C=O) groups excluding carboxylic acids is 2. The average Bonchev–Trinajstić information content (AvgIpc) is 3.39. The van der Waals surface area contributed by atoms with Crippen molar-refractivity contribution in [2.45, 2.75) is 31.7 Å². The summed E-state index contributed by atoms with van der Waals surface area (Å²) in [5.41, 5.74) is 0.990. The highest BCUT2D eigenvalue weighted by molar-refractivity contribution is 7.12. The van der Waals surface area contributed by atoms with Gasteiger partial charge in [0.2, 0.25) is 5.91 Å². The van der Waals surface area contributed by atoms with E-state index in [1.165, 1.54) is 23.5 Å². The molecule has 2 aromatic rings. The van der Waals surface area contributed by atoms with Crippen LogP contribution in [0.2, 0.25) is 0 Å². The maximum atomic E-state index is 13.2. The van der Waals surface area contributed by atoms with Crippen LogP contribution in [-0.2, 0) is 4.79 Å². The van der Waals surface area contributed by atoms with Gasteiger partial charge >= 0.3 is 0 Å². The molecule has 1 aromatic heterocycles. The van der Waals surface area contributed by atoms with Gasteiger partial charge in [-0.3, -0.25) is 9.59 Å². The normalized spacial score (nSPS) is 22.9. The number of hydrogen-bond acceptors (Lipinski definition) is 3. The Bertz CT molecular complexity index is 806. The number of rotatable bonds is 3. The van der Waals surface area contributed by atoms with Crippen LogP contribution in [0.5, 0.6) is 0 Å². The molecule has 0 spiro atoms. The molecule has 2 amide bonds. The second-order valence-corrected chi connectivity index (χ2v) is 8.26. The van der Waals surface area contributed by atoms with Gasteiger partial charge in [0.25, 0.3) is 5.91 Å². The Hall–Kier alpha value is -2.21. The Kier molecular flexibility index (Phi) is 5.25. The van der Waals surface area contributed by atoms with Crippen LogP contribution >= 0.6 is 11.3 Å². The molecule has 2 unspecified atom stereocenters. The van der Waals surface area contributed by atoms with Crippen molar-refractivity contribution < 1.29 is 14.0 Å². The lowest BCUT2D eigenvalue weighted by molar-refractivity contribution is -0.137. The van der Waals surface area contributed by atoms with Gasteiger partial charge in [0, 0.05) is 19.6 Å². The number of amides is 2. The van der Waals surface area contributed by atoms with Crippen molar-refractivity contribution in [3.05, 3.63) is 58.0 Å². The van der Waals surface area contributed by atoms with E-state index in [1.54, 1.807) is 12.1 Å². The van der Waals surface area contributed by atoms with E-state index >= 15 is 0 Å². The fraction of sp³-hybridized carbons (Fsp3) is 0.429. The number of piperidine rings is 1. The summed E-state index contributed by atoms with van der Waals surface area (Å²) in [7, 11) is 0. The lowest BCUT2D eigenvalue weighted by atomic mass is 9.95. The minimum atomic E-state index is -0.260. The van der Waals surface area contributed by atoms with E-state index < -0.39 is 0 Å². The lowest BCUT2D eigenvalue weighted by Gasteiger charge is -2.35. The number of likely N-dealkylation sites (tertiary alicyclic amines) is 2. The molecule has 6 heteroatoms. The standard InChI is InChI=1S/C21H23FN2O2S/c22-17-9-7-15(8-10-17)18-5-2-12-24(18)20(25)16-4-1-11-23(14-16)21(26)19-6-3-13-27-19/h3,6-10,13,16,18H,1-2,4-5,11-12,14H2. The molecule has 2 aliphatic heterocycles. The van der Waals surface area contributed by atoms with Gasteiger partial charge in [0.05, 0.1) is 16.8 Å². The van der Waals surface area contributed by atoms with Crippen molar-refractivity contribution in [3.8, 4) is 0 Å². The van der Waals surface area contributed by atoms with Gasteiger partial charge in [-0.2, -0.15) is 0 Å². The first kappa shape index (κ1) is 18.2. The van der Waals surface area contributed by atoms with Crippen LogP contribution in [0.4, 0.5) is 4.39 Å². The summed E-state index contributed by atoms with van der Waals surface area (Å²) in [6, 6.07) is 10.2. The van der Waals surface area contributed by atoms with Crippen LogP contribution in [0.15, 0.2) is 41.8 Å². The van der Waals surface area contributed by atoms with Crippen molar-refractivity contribution in [1.29, 1.82) is 0 Å². The van der Waals surface area contributed by atoms with Crippen LogP contribution in [0, 0.1) is 11.7 Å². The molecule has 2 saturated heterocycles. The molecule has 0 aliphatic carbocycles. The smallest absolute Gasteiger partial charge is 0.263 e. The second-order valence-electron chi connectivity index (χ2n) is 7.31. The Labute approximate surface area is 162 Å². The molecule has 0 radical (unpaired) electrons. The third-order valence-corrected chi connectivity index (χ3v) is 6.44. The van der Waals surface area contributed by atoms with Crippen molar-refractivity contribution in [1.82, 2.24) is 9.80 Å². The first-order valence-corrected chi connectivity index (χ1v) is 10.4. The molecule has 2 atom stereocenters. The molecular formula is C21H23FN2O2S. The average molecular weight is 386 g/mol. The molecule has 1 aromatic carbocycles. The predicted octanol–water partition coefficient (Wildman–Crippen LogP) is 4.10. The van der Waals surface area contributed by atoms with Crippen molar-refractivity contribution in [2.75, 3.05) is 19.6 Å². The van der Waals surface area contributed by atoms with Gasteiger partial charge < -0.3 is 9.80 Å². The topological polar surface area (TPSA) is 40.6 Å². The Balaban J connectivity index is 1.46. The minimum absolute atomic E-state index is 0.0153. The number of nitrogens with zero attached hydrogens (tertiary/aromatic N) is 2. The van der Waals surface area contributed by atoms with Gasteiger partial charge in [-0.25, -0.2) is 4.39 Å². The number of halogens is 1. The van der Waals surface area contributed by atoms with E-state index in [4.69, 9.17) is 0 Å². The lowest BCUT2D eigenvalue weighted by Crippen LogP contribution is -2.46. The quantitative estimate of drug-likeness (QED) is 0.797. The maximum Gasteiger partial charge on any atom is 0.263 e. The maximum absolute atomic E-state index is 13.2. The van der Waals surface area contributed by atoms with Gasteiger partial charge in [-0.15, -0.1) is 11.3 Å². The zero-order valence-electron chi connectivity index (χ0n) is 15.1. The Morgan fingerprint density at radius 3 is 2.56 bits per heavy atom. The van der Waals surface area contributed by atoms with Crippen molar-refractivity contribution >= 4 is 23.2 Å². The third-order valence-electron chi connectivity index (χ3n) is 5.58. The third kappa shape index (κ3) is 3.76. The van der Waals surface area contributed by atoms with Crippen LogP contribution in [0.3, 0.4) is 0 Å². The largest absolute Gasteiger partial charge is 0.337 e. The molecule has 4 nitrogen and oxygen atoms in total. The molecule has 2 fully saturated rings. The first-order chi connectivity index (χ1) is 13.1. The predicted molar refractivity (Wildman–Crippen MR) is 103 cm³/mol. The summed E-state index contributed by atoms with van der Waals surface area (Å²) < 4.78 is 13.2. The fourth-order valence-electron chi connectivity index (χ4n) is 4.22. The van der Waals surface area contributed by atoms with E-state index in [9.17, 15) is 14.0 Å². The molecular weight excluding hydrogens is 363 g/mol. The van der Waals surface area contributed by atoms with Crippen molar-refractivity contribution in [3.63, 3.8) is 0 Å². The SMILES string of the molecule is O=C(c1cccs1)N1CCCC(C(=O)N2CCCC2c2ccc(F)cc2)C1. The monoisotopic (exact) mass is 386 g/mol. The van der Waals surface area contributed by atoms with E-state index in [2.05, 4.69) is 0 Å². The number of hydrogen-bond donors (Lipinski definition) is 0. The molecule has 0 bridgehead atoms. The summed E-state index contributed by atoms with van der Waals surface area (Å²) >= 11 is 1.44. The molecule has 2 aliphatic rings. The zero-order valence-corrected chi connectivity index (χ0v) is 16.0. The molecule has 142 valence electrons. The van der Waals surface area contributed by atoms with Gasteiger partial charge in [0.1, 0.15) is 5.82 Å². The van der Waals surface area contributed by atoms with Gasteiger partial charge in [0.15, 0.2) is 0 Å². The molecule has 4 rings (SSSR count). The Morgan fingerprint density at radius 2 is 1.81 bits per heavy atom. The van der Waals surface area contributed by atoms with E-state index in [0.717, 1.165) is 42.7 Å². The van der Waals surface area contributed by atoms with E-state index in [1.807, 2.05) is 27.3 Å². The fourth-order valence-corrected chi connectivity index (χ4v) is 4.91. The summed E-state index contributed by atoms with van der Waals surface area (Å²) in [4.78, 5) is 30.4. The van der Waals surface area contributed by atoms with Crippen LogP contribution in [-0.4, -0.2) is 41.2 Å². The molecule has 0 N–H and O–H groups in total. The summed E-state index contributed by atoms with van der Waals surface area (Å²) in [5, 5.41) is 1.90. The van der Waals surface area contributed by atoms with Crippen LogP contribution < -0.4 is 0 Å². The second kappa shape index (κ2) is 7.80. The summed E-state index contributed by atoms with van der Waals surface area (Å²) in [6.07, 6.45) is 3.53. The highest BCUT2D eigenvalue weighted by Gasteiger charge is 2.36. The number of carbonyl (C=O) groups is 2. The number of thiophene rings is 1. The highest BCUT2D eigenvalue weighted by atomic mass is 32.1. The summed E-state index contributed by atoms with van der Waals surface area (Å²) in [5.74, 6) is -0.252. The van der Waals surface area contributed by atoms with Crippen molar-refractivity contribution in [2.24, 2.45) is 5.92 Å². The molecule has 27 heavy (non-hydrogen) atoms. The van der Waals surface area contributed by atoms with Crippen LogP contribution in [0.1, 0.15) is 47.0 Å². The van der Waals surface area contributed by atoms with E-state index in [0.29, 0.717) is 13.1 Å². The number of benzene rings is 1. The summed E-state index contributed by atoms with van der Waals surface area (Å²) in [6.45, 7) is 1.93.